The molecule has 0 aliphatic rings. The summed E-state index contributed by atoms with van der Waals surface area (Å²) in [4.78, 5) is 0. The van der Waals surface area contributed by atoms with Gasteiger partial charge in [0.1, 0.15) is 11.5 Å². The highest BCUT2D eigenvalue weighted by Crippen LogP contribution is 2.38. The van der Waals surface area contributed by atoms with Gasteiger partial charge in [-0.3, -0.25) is 0 Å². The number of methoxy groups -OCH3 is 1. The third kappa shape index (κ3) is 3.84. The van der Waals surface area contributed by atoms with Gasteiger partial charge in [-0.2, -0.15) is 0 Å². The normalized spacial score (nSPS) is 11.7. The van der Waals surface area contributed by atoms with E-state index in [-0.39, 0.29) is 18.2 Å². The second kappa shape index (κ2) is 6.51. The Morgan fingerprint density at radius 2 is 1.84 bits per heavy atom. The van der Waals surface area contributed by atoms with Gasteiger partial charge in [-0.15, -0.1) is 13.2 Å². The Kier molecular flexibility index (Phi) is 4.55. The van der Waals surface area contributed by atoms with Crippen molar-refractivity contribution in [3.8, 4) is 17.4 Å². The molecule has 4 nitrogen and oxygen atoms in total. The van der Waals surface area contributed by atoms with Crippen LogP contribution in [0.4, 0.5) is 13.2 Å². The van der Waals surface area contributed by atoms with Crippen molar-refractivity contribution in [3.05, 3.63) is 52.6 Å². The molecule has 0 unspecified atom stereocenters. The molecule has 3 aromatic rings. The molecule has 0 aliphatic carbocycles. The van der Waals surface area contributed by atoms with E-state index in [0.29, 0.717) is 16.7 Å². The van der Waals surface area contributed by atoms with Crippen molar-refractivity contribution in [2.24, 2.45) is 0 Å². The van der Waals surface area contributed by atoms with Crippen LogP contribution in [-0.4, -0.2) is 23.1 Å². The predicted molar refractivity (Wildman–Crippen MR) is 90.1 cm³/mol. The summed E-state index contributed by atoms with van der Waals surface area (Å²) in [7, 11) is 1.51. The molecular formula is C17H13BrF3NO3. The predicted octanol–water partition coefficient (Wildman–Crippen LogP) is 5.06. The number of fused-ring (bicyclic) bond motifs is 1. The molecule has 0 bridgehead atoms. The first kappa shape index (κ1) is 17.5. The van der Waals surface area contributed by atoms with Crippen LogP contribution in [0.5, 0.6) is 17.4 Å². The maximum Gasteiger partial charge on any atom is 0.573 e. The average Bonchev–Trinajstić information content (AvgIpc) is 2.83. The van der Waals surface area contributed by atoms with Crippen LogP contribution < -0.4 is 9.47 Å². The lowest BCUT2D eigenvalue weighted by atomic mass is 10.2. The van der Waals surface area contributed by atoms with Crippen molar-refractivity contribution in [3.63, 3.8) is 0 Å². The fourth-order valence-electron chi connectivity index (χ4n) is 2.59. The van der Waals surface area contributed by atoms with Gasteiger partial charge in [0, 0.05) is 16.1 Å². The van der Waals surface area contributed by atoms with Crippen molar-refractivity contribution in [1.29, 1.82) is 0 Å². The maximum absolute atomic E-state index is 12.2. The minimum Gasteiger partial charge on any atom is -0.496 e. The van der Waals surface area contributed by atoms with Crippen molar-refractivity contribution < 1.29 is 27.8 Å². The van der Waals surface area contributed by atoms with Crippen LogP contribution in [0, 0.1) is 0 Å². The quantitative estimate of drug-likeness (QED) is 0.647. The molecule has 3 rings (SSSR count). The monoisotopic (exact) mass is 415 g/mol. The summed E-state index contributed by atoms with van der Waals surface area (Å²) in [5.41, 5.74) is 0.711. The Hall–Kier alpha value is -2.35. The largest absolute Gasteiger partial charge is 0.573 e. The Bertz CT molecular complexity index is 904. The molecule has 2 aromatic carbocycles. The minimum atomic E-state index is -4.72. The number of hydrogen-bond acceptors (Lipinski definition) is 3. The Labute approximate surface area is 149 Å². The summed E-state index contributed by atoms with van der Waals surface area (Å²) in [6.45, 7) is 0.285. The number of rotatable bonds is 4. The zero-order valence-electron chi connectivity index (χ0n) is 13.0. The van der Waals surface area contributed by atoms with Crippen molar-refractivity contribution in [1.82, 2.24) is 4.57 Å². The minimum absolute atomic E-state index is 0.0231. The molecule has 0 radical (unpaired) electrons. The van der Waals surface area contributed by atoms with Gasteiger partial charge < -0.3 is 19.1 Å². The van der Waals surface area contributed by atoms with E-state index in [9.17, 15) is 18.3 Å². The van der Waals surface area contributed by atoms with Crippen LogP contribution >= 0.6 is 15.9 Å². The summed E-state index contributed by atoms with van der Waals surface area (Å²) < 4.78 is 48.1. The fraction of sp³-hybridized carbons (Fsp3) is 0.176. The van der Waals surface area contributed by atoms with Gasteiger partial charge in [-0.1, -0.05) is 28.1 Å². The smallest absolute Gasteiger partial charge is 0.496 e. The molecule has 0 spiro atoms. The first-order chi connectivity index (χ1) is 11.8. The maximum atomic E-state index is 12.2. The number of nitrogens with zero attached hydrogens (tertiary/aromatic N) is 1. The van der Waals surface area contributed by atoms with Gasteiger partial charge in [-0.05, 0) is 29.8 Å². The molecule has 132 valence electrons. The zero-order chi connectivity index (χ0) is 18.2. The van der Waals surface area contributed by atoms with Crippen LogP contribution in [0.3, 0.4) is 0 Å². The van der Waals surface area contributed by atoms with Crippen LogP contribution in [0.1, 0.15) is 5.56 Å². The number of alkyl halides is 3. The summed E-state index contributed by atoms with van der Waals surface area (Å²) in [5.74, 6) is 0.258. The molecule has 1 N–H and O–H groups in total. The topological polar surface area (TPSA) is 43.6 Å². The lowest BCUT2D eigenvalue weighted by molar-refractivity contribution is -0.274. The summed E-state index contributed by atoms with van der Waals surface area (Å²) in [6, 6.07) is 9.08. The van der Waals surface area contributed by atoms with Crippen molar-refractivity contribution in [2.75, 3.05) is 7.11 Å². The molecule has 0 atom stereocenters. The van der Waals surface area contributed by atoms with Gasteiger partial charge in [0.2, 0.25) is 5.88 Å². The zero-order valence-corrected chi connectivity index (χ0v) is 14.6. The Morgan fingerprint density at radius 1 is 1.16 bits per heavy atom. The standard InChI is InChI=1S/C17H13BrF3NO3/c1-24-14-7-12(18)6-11-9-22(16(23)15(11)14)8-10-2-4-13(5-3-10)25-17(19,20)21/h2-7,9,23H,8H2,1H3. The highest BCUT2D eigenvalue weighted by Gasteiger charge is 2.30. The third-order valence-corrected chi connectivity index (χ3v) is 4.08. The van der Waals surface area contributed by atoms with Crippen LogP contribution in [0.25, 0.3) is 10.8 Å². The Balaban J connectivity index is 1.89. The average molecular weight is 416 g/mol. The van der Waals surface area contributed by atoms with Gasteiger partial charge in [0.05, 0.1) is 19.0 Å². The van der Waals surface area contributed by atoms with Gasteiger partial charge in [-0.25, -0.2) is 0 Å². The molecular weight excluding hydrogens is 403 g/mol. The van der Waals surface area contributed by atoms with Crippen LogP contribution in [-0.2, 0) is 6.54 Å². The van der Waals surface area contributed by atoms with E-state index in [2.05, 4.69) is 20.7 Å². The van der Waals surface area contributed by atoms with Crippen LogP contribution in [0.15, 0.2) is 47.1 Å². The van der Waals surface area contributed by atoms with Gasteiger partial charge in [0.15, 0.2) is 0 Å². The van der Waals surface area contributed by atoms with E-state index in [0.717, 1.165) is 9.86 Å². The molecule has 0 aliphatic heterocycles. The van der Waals surface area contributed by atoms with E-state index in [4.69, 9.17) is 4.74 Å². The lowest BCUT2D eigenvalue weighted by Gasteiger charge is -2.10. The number of benzene rings is 2. The summed E-state index contributed by atoms with van der Waals surface area (Å²) in [5, 5.41) is 11.8. The van der Waals surface area contributed by atoms with E-state index in [1.165, 1.54) is 31.4 Å². The highest BCUT2D eigenvalue weighted by atomic mass is 79.9. The first-order valence-corrected chi connectivity index (χ1v) is 7.96. The number of hydrogen-bond donors (Lipinski definition) is 1. The molecule has 0 saturated carbocycles. The Morgan fingerprint density at radius 3 is 2.44 bits per heavy atom. The van der Waals surface area contributed by atoms with Crippen LogP contribution in [0.2, 0.25) is 0 Å². The third-order valence-electron chi connectivity index (χ3n) is 3.62. The van der Waals surface area contributed by atoms with E-state index in [1.54, 1.807) is 16.8 Å². The van der Waals surface area contributed by atoms with Gasteiger partial charge in [0.25, 0.3) is 0 Å². The van der Waals surface area contributed by atoms with Crippen molar-refractivity contribution in [2.45, 2.75) is 12.9 Å². The van der Waals surface area contributed by atoms with E-state index >= 15 is 0 Å². The SMILES string of the molecule is COc1cc(Br)cc2cn(Cc3ccc(OC(F)(F)F)cc3)c(O)c12. The van der Waals surface area contributed by atoms with E-state index < -0.39 is 6.36 Å². The second-order valence-corrected chi connectivity index (χ2v) is 6.26. The molecule has 0 fully saturated rings. The molecule has 25 heavy (non-hydrogen) atoms. The second-order valence-electron chi connectivity index (χ2n) is 5.34. The lowest BCUT2D eigenvalue weighted by Crippen LogP contribution is -2.17. The summed E-state index contributed by atoms with van der Waals surface area (Å²) in [6.07, 6.45) is -2.97. The molecule has 8 heteroatoms. The number of aromatic nitrogens is 1. The number of aromatic hydroxyl groups is 1. The molecule has 0 amide bonds. The molecule has 0 saturated heterocycles. The number of ether oxygens (including phenoxy) is 2. The van der Waals surface area contributed by atoms with Crippen molar-refractivity contribution >= 4 is 26.7 Å². The van der Waals surface area contributed by atoms with E-state index in [1.807, 2.05) is 6.07 Å². The summed E-state index contributed by atoms with van der Waals surface area (Å²) >= 11 is 3.38. The fourth-order valence-corrected chi connectivity index (χ4v) is 3.05. The number of halogens is 4. The first-order valence-electron chi connectivity index (χ1n) is 7.17. The molecule has 1 aromatic heterocycles. The van der Waals surface area contributed by atoms with Gasteiger partial charge >= 0.3 is 6.36 Å². The molecule has 1 heterocycles. The highest BCUT2D eigenvalue weighted by molar-refractivity contribution is 9.10.